The van der Waals surface area contributed by atoms with Crippen LogP contribution < -0.4 is 0 Å². The summed E-state index contributed by atoms with van der Waals surface area (Å²) in [7, 11) is 1.63. The molecule has 0 aliphatic rings. The van der Waals surface area contributed by atoms with Crippen LogP contribution in [0.2, 0.25) is 0 Å². The Morgan fingerprint density at radius 1 is 1.07 bits per heavy atom. The Morgan fingerprint density at radius 3 is 2.07 bits per heavy atom. The number of aliphatic hydroxyl groups excluding tert-OH is 2. The van der Waals surface area contributed by atoms with Crippen molar-refractivity contribution >= 4 is 0 Å². The Balaban J connectivity index is 3.86. The highest BCUT2D eigenvalue weighted by Gasteiger charge is 2.32. The predicted octanol–water partition coefficient (Wildman–Crippen LogP) is 0.666. The van der Waals surface area contributed by atoms with Gasteiger partial charge in [0, 0.05) is 19.1 Å². The highest BCUT2D eigenvalue weighted by molar-refractivity contribution is 4.80. The van der Waals surface area contributed by atoms with Crippen LogP contribution >= 0.6 is 0 Å². The lowest BCUT2D eigenvalue weighted by Gasteiger charge is -2.33. The van der Waals surface area contributed by atoms with E-state index in [2.05, 4.69) is 0 Å². The largest absolute Gasteiger partial charge is 0.396 e. The summed E-state index contributed by atoms with van der Waals surface area (Å²) in [5.41, 5.74) is -0.424. The van der Waals surface area contributed by atoms with Crippen molar-refractivity contribution in [1.82, 2.24) is 0 Å². The minimum absolute atomic E-state index is 0.00515. The molecule has 15 heavy (non-hydrogen) atoms. The molecule has 0 amide bonds. The summed E-state index contributed by atoms with van der Waals surface area (Å²) in [6, 6.07) is 0. The molecule has 0 spiro atoms. The van der Waals surface area contributed by atoms with Crippen LogP contribution in [-0.4, -0.2) is 50.4 Å². The van der Waals surface area contributed by atoms with Gasteiger partial charge in [0.25, 0.3) is 0 Å². The molecule has 0 aromatic rings. The van der Waals surface area contributed by atoms with Crippen LogP contribution in [0, 0.1) is 11.3 Å². The summed E-state index contributed by atoms with van der Waals surface area (Å²) >= 11 is 0. The number of aliphatic hydroxyl groups is 2. The summed E-state index contributed by atoms with van der Waals surface area (Å²) in [6.45, 7) is 5.67. The van der Waals surface area contributed by atoms with Gasteiger partial charge in [0.05, 0.1) is 26.4 Å². The Labute approximate surface area is 92.2 Å². The maximum absolute atomic E-state index is 9.31. The lowest BCUT2D eigenvalue weighted by atomic mass is 9.76. The summed E-state index contributed by atoms with van der Waals surface area (Å²) in [6.07, 6.45) is 0.668. The SMILES string of the molecule is COCCOCCC(CO)(CO)C(C)C. The third-order valence-electron chi connectivity index (χ3n) is 3.03. The third kappa shape index (κ3) is 4.93. The minimum Gasteiger partial charge on any atom is -0.396 e. The van der Waals surface area contributed by atoms with E-state index in [1.165, 1.54) is 0 Å². The molecule has 0 aliphatic heterocycles. The smallest absolute Gasteiger partial charge is 0.0700 e. The standard InChI is InChI=1S/C11H24O4/c1-10(2)11(8-12,9-13)4-5-15-7-6-14-3/h10,12-13H,4-9H2,1-3H3. The van der Waals surface area contributed by atoms with Crippen molar-refractivity contribution < 1.29 is 19.7 Å². The van der Waals surface area contributed by atoms with E-state index in [4.69, 9.17) is 9.47 Å². The number of ether oxygens (including phenoxy) is 2. The summed E-state index contributed by atoms with van der Waals surface area (Å²) in [5.74, 6) is 0.235. The fraction of sp³-hybridized carbons (Fsp3) is 1.00. The molecular weight excluding hydrogens is 196 g/mol. The second kappa shape index (κ2) is 8.05. The summed E-state index contributed by atoms with van der Waals surface area (Å²) in [5, 5.41) is 18.6. The minimum atomic E-state index is -0.424. The lowest BCUT2D eigenvalue weighted by Crippen LogP contribution is -2.36. The van der Waals surface area contributed by atoms with Crippen molar-refractivity contribution in [2.45, 2.75) is 20.3 Å². The monoisotopic (exact) mass is 220 g/mol. The Kier molecular flexibility index (Phi) is 7.96. The molecule has 4 nitrogen and oxygen atoms in total. The first kappa shape index (κ1) is 14.8. The zero-order chi connectivity index (χ0) is 11.7. The van der Waals surface area contributed by atoms with E-state index in [-0.39, 0.29) is 19.1 Å². The number of hydrogen-bond donors (Lipinski definition) is 2. The van der Waals surface area contributed by atoms with Crippen LogP contribution in [0.5, 0.6) is 0 Å². The van der Waals surface area contributed by atoms with E-state index < -0.39 is 5.41 Å². The Hall–Kier alpha value is -0.160. The maximum atomic E-state index is 9.31. The van der Waals surface area contributed by atoms with E-state index in [9.17, 15) is 10.2 Å². The van der Waals surface area contributed by atoms with E-state index in [0.717, 1.165) is 0 Å². The molecule has 0 rings (SSSR count). The van der Waals surface area contributed by atoms with Crippen LogP contribution in [0.3, 0.4) is 0 Å². The zero-order valence-electron chi connectivity index (χ0n) is 10.0. The molecule has 0 atom stereocenters. The van der Waals surface area contributed by atoms with Gasteiger partial charge in [-0.15, -0.1) is 0 Å². The van der Waals surface area contributed by atoms with Crippen molar-refractivity contribution in [3.05, 3.63) is 0 Å². The van der Waals surface area contributed by atoms with Crippen molar-refractivity contribution in [2.75, 3.05) is 40.1 Å². The van der Waals surface area contributed by atoms with Crippen molar-refractivity contribution in [3.8, 4) is 0 Å². The van der Waals surface area contributed by atoms with Crippen LogP contribution in [0.25, 0.3) is 0 Å². The van der Waals surface area contributed by atoms with Crippen LogP contribution in [-0.2, 0) is 9.47 Å². The highest BCUT2D eigenvalue weighted by atomic mass is 16.5. The average molecular weight is 220 g/mol. The van der Waals surface area contributed by atoms with Gasteiger partial charge in [0.15, 0.2) is 0 Å². The van der Waals surface area contributed by atoms with E-state index in [0.29, 0.717) is 26.2 Å². The van der Waals surface area contributed by atoms with E-state index >= 15 is 0 Å². The average Bonchev–Trinajstić information content (AvgIpc) is 2.23. The van der Waals surface area contributed by atoms with E-state index in [1.54, 1.807) is 7.11 Å². The van der Waals surface area contributed by atoms with Crippen LogP contribution in [0.4, 0.5) is 0 Å². The summed E-state index contributed by atoms with van der Waals surface area (Å²) < 4.78 is 10.2. The molecule has 0 saturated carbocycles. The fourth-order valence-electron chi connectivity index (χ4n) is 1.38. The molecule has 0 fully saturated rings. The number of hydrogen-bond acceptors (Lipinski definition) is 4. The number of rotatable bonds is 9. The molecular formula is C11H24O4. The van der Waals surface area contributed by atoms with Crippen LogP contribution in [0.15, 0.2) is 0 Å². The van der Waals surface area contributed by atoms with Crippen molar-refractivity contribution in [2.24, 2.45) is 11.3 Å². The number of methoxy groups -OCH3 is 1. The predicted molar refractivity (Wildman–Crippen MR) is 58.8 cm³/mol. The second-order valence-electron chi connectivity index (χ2n) is 4.19. The van der Waals surface area contributed by atoms with Gasteiger partial charge in [-0.2, -0.15) is 0 Å². The quantitative estimate of drug-likeness (QED) is 0.561. The molecule has 0 radical (unpaired) electrons. The van der Waals surface area contributed by atoms with Gasteiger partial charge in [0.1, 0.15) is 0 Å². The molecule has 0 aromatic carbocycles. The molecule has 92 valence electrons. The first-order chi connectivity index (χ1) is 7.13. The first-order valence-corrected chi connectivity index (χ1v) is 5.41. The Bertz CT molecular complexity index is 144. The molecule has 2 N–H and O–H groups in total. The first-order valence-electron chi connectivity index (χ1n) is 5.41. The normalized spacial score (nSPS) is 12.4. The van der Waals surface area contributed by atoms with Crippen molar-refractivity contribution in [3.63, 3.8) is 0 Å². The zero-order valence-corrected chi connectivity index (χ0v) is 10.0. The Morgan fingerprint density at radius 2 is 1.67 bits per heavy atom. The van der Waals surface area contributed by atoms with Gasteiger partial charge < -0.3 is 19.7 Å². The molecule has 0 bridgehead atoms. The molecule has 0 saturated heterocycles. The summed E-state index contributed by atoms with van der Waals surface area (Å²) in [4.78, 5) is 0. The van der Waals surface area contributed by atoms with Gasteiger partial charge in [-0.05, 0) is 12.3 Å². The third-order valence-corrected chi connectivity index (χ3v) is 3.03. The van der Waals surface area contributed by atoms with Gasteiger partial charge >= 0.3 is 0 Å². The topological polar surface area (TPSA) is 58.9 Å². The van der Waals surface area contributed by atoms with Gasteiger partial charge in [-0.1, -0.05) is 13.8 Å². The van der Waals surface area contributed by atoms with Crippen LogP contribution in [0.1, 0.15) is 20.3 Å². The fourth-order valence-corrected chi connectivity index (χ4v) is 1.38. The highest BCUT2D eigenvalue weighted by Crippen LogP contribution is 2.30. The van der Waals surface area contributed by atoms with Gasteiger partial charge in [-0.25, -0.2) is 0 Å². The van der Waals surface area contributed by atoms with E-state index in [1.807, 2.05) is 13.8 Å². The molecule has 0 aliphatic carbocycles. The second-order valence-corrected chi connectivity index (χ2v) is 4.19. The molecule has 4 heteroatoms. The molecule has 0 unspecified atom stereocenters. The molecule has 0 aromatic heterocycles. The lowest BCUT2D eigenvalue weighted by molar-refractivity contribution is -0.0207. The van der Waals surface area contributed by atoms with Gasteiger partial charge in [-0.3, -0.25) is 0 Å². The molecule has 0 heterocycles. The maximum Gasteiger partial charge on any atom is 0.0700 e. The van der Waals surface area contributed by atoms with Crippen molar-refractivity contribution in [1.29, 1.82) is 0 Å². The van der Waals surface area contributed by atoms with Gasteiger partial charge in [0.2, 0.25) is 0 Å².